The van der Waals surface area contributed by atoms with E-state index in [0.29, 0.717) is 17.9 Å². The minimum Gasteiger partial charge on any atom is -0.496 e. The summed E-state index contributed by atoms with van der Waals surface area (Å²) >= 11 is 0. The van der Waals surface area contributed by atoms with Crippen LogP contribution in [0.2, 0.25) is 0 Å². The molecule has 1 aromatic carbocycles. The Morgan fingerprint density at radius 1 is 1.50 bits per heavy atom. The lowest BCUT2D eigenvalue weighted by atomic mass is 10.2. The fraction of sp³-hybridized carbons (Fsp3) is 0.538. The van der Waals surface area contributed by atoms with Crippen LogP contribution >= 0.6 is 0 Å². The van der Waals surface area contributed by atoms with Gasteiger partial charge in [-0.3, -0.25) is 0 Å². The van der Waals surface area contributed by atoms with Gasteiger partial charge in [0, 0.05) is 18.7 Å². The second-order valence-electron chi connectivity index (χ2n) is 4.62. The number of benzene rings is 1. The highest BCUT2D eigenvalue weighted by Gasteiger charge is 2.21. The molecule has 2 rings (SSSR count). The van der Waals surface area contributed by atoms with Crippen molar-refractivity contribution < 1.29 is 23.0 Å². The lowest BCUT2D eigenvalue weighted by Crippen LogP contribution is -2.31. The fourth-order valence-electron chi connectivity index (χ4n) is 2.14. The van der Waals surface area contributed by atoms with Gasteiger partial charge in [0.15, 0.2) is 0 Å². The molecule has 20 heavy (non-hydrogen) atoms. The largest absolute Gasteiger partial charge is 0.496 e. The van der Waals surface area contributed by atoms with Gasteiger partial charge in [0.1, 0.15) is 5.75 Å². The highest BCUT2D eigenvalue weighted by Crippen LogP contribution is 2.22. The minimum absolute atomic E-state index is 0.0552. The Morgan fingerprint density at radius 3 is 2.90 bits per heavy atom. The van der Waals surface area contributed by atoms with E-state index in [2.05, 4.69) is 4.72 Å². The molecule has 0 saturated carbocycles. The molecule has 1 heterocycles. The predicted molar refractivity (Wildman–Crippen MR) is 73.1 cm³/mol. The molecule has 0 aromatic heterocycles. The highest BCUT2D eigenvalue weighted by molar-refractivity contribution is 7.89. The molecule has 0 amide bonds. The molecule has 0 aliphatic carbocycles. The quantitative estimate of drug-likeness (QED) is 0.805. The topological polar surface area (TPSA) is 84.9 Å². The Morgan fingerprint density at radius 2 is 2.30 bits per heavy atom. The van der Waals surface area contributed by atoms with Gasteiger partial charge >= 0.3 is 0 Å². The van der Waals surface area contributed by atoms with Crippen molar-refractivity contribution in [1.82, 2.24) is 4.72 Å². The van der Waals surface area contributed by atoms with E-state index < -0.39 is 10.0 Å². The Bertz CT molecular complexity index is 552. The second-order valence-corrected chi connectivity index (χ2v) is 6.39. The van der Waals surface area contributed by atoms with Gasteiger partial charge in [0.25, 0.3) is 0 Å². The third-order valence-electron chi connectivity index (χ3n) is 3.26. The van der Waals surface area contributed by atoms with Crippen molar-refractivity contribution in [2.24, 2.45) is 0 Å². The summed E-state index contributed by atoms with van der Waals surface area (Å²) in [6.45, 7) is 0.671. The van der Waals surface area contributed by atoms with E-state index in [-0.39, 0.29) is 24.2 Å². The maximum Gasteiger partial charge on any atom is 0.240 e. The first-order valence-corrected chi connectivity index (χ1v) is 7.94. The van der Waals surface area contributed by atoms with Gasteiger partial charge < -0.3 is 14.6 Å². The van der Waals surface area contributed by atoms with E-state index in [4.69, 9.17) is 9.47 Å². The summed E-state index contributed by atoms with van der Waals surface area (Å²) in [6, 6.07) is 4.40. The van der Waals surface area contributed by atoms with Crippen molar-refractivity contribution in [2.45, 2.75) is 30.4 Å². The average molecular weight is 301 g/mol. The van der Waals surface area contributed by atoms with Crippen LogP contribution in [0.15, 0.2) is 23.1 Å². The van der Waals surface area contributed by atoms with Crippen LogP contribution in [0.5, 0.6) is 5.75 Å². The molecule has 6 nitrogen and oxygen atoms in total. The summed E-state index contributed by atoms with van der Waals surface area (Å²) in [5, 5.41) is 9.23. The third-order valence-corrected chi connectivity index (χ3v) is 4.68. The van der Waals surface area contributed by atoms with Crippen molar-refractivity contribution in [1.29, 1.82) is 0 Å². The summed E-state index contributed by atoms with van der Waals surface area (Å²) in [7, 11) is -2.13. The van der Waals surface area contributed by atoms with Crippen LogP contribution in [0.4, 0.5) is 0 Å². The van der Waals surface area contributed by atoms with E-state index in [0.717, 1.165) is 12.8 Å². The Kier molecular flexibility index (Phi) is 4.98. The van der Waals surface area contributed by atoms with E-state index in [1.807, 2.05) is 0 Å². The molecule has 0 spiro atoms. The summed E-state index contributed by atoms with van der Waals surface area (Å²) in [6.07, 6.45) is 1.77. The van der Waals surface area contributed by atoms with Crippen molar-refractivity contribution >= 4 is 10.0 Å². The van der Waals surface area contributed by atoms with Crippen molar-refractivity contribution in [3.8, 4) is 5.75 Å². The van der Waals surface area contributed by atoms with Gasteiger partial charge in [-0.15, -0.1) is 0 Å². The summed E-state index contributed by atoms with van der Waals surface area (Å²) in [5.74, 6) is 0.463. The molecular formula is C13H19NO5S. The standard InChI is InChI=1S/C13H19NO5S/c1-18-13-5-4-12(7-10(13)9-15)20(16,17)14-8-11-3-2-6-19-11/h4-5,7,11,14-15H,2-3,6,8-9H2,1H3. The molecule has 1 unspecified atom stereocenters. The minimum atomic E-state index is -3.60. The average Bonchev–Trinajstić information content (AvgIpc) is 2.97. The smallest absolute Gasteiger partial charge is 0.240 e. The Labute approximate surface area is 118 Å². The van der Waals surface area contributed by atoms with Gasteiger partial charge in [-0.1, -0.05) is 0 Å². The molecule has 0 radical (unpaired) electrons. The van der Waals surface area contributed by atoms with Gasteiger partial charge in [-0.25, -0.2) is 13.1 Å². The van der Waals surface area contributed by atoms with E-state index in [9.17, 15) is 13.5 Å². The van der Waals surface area contributed by atoms with Crippen LogP contribution in [0.25, 0.3) is 0 Å². The maximum absolute atomic E-state index is 12.2. The zero-order chi connectivity index (χ0) is 14.6. The summed E-state index contributed by atoms with van der Waals surface area (Å²) < 4.78 is 37.3. The molecule has 7 heteroatoms. The van der Waals surface area contributed by atoms with E-state index in [1.54, 1.807) is 0 Å². The first-order valence-electron chi connectivity index (χ1n) is 6.46. The summed E-state index contributed by atoms with van der Waals surface area (Å²) in [5.41, 5.74) is 0.437. The molecule has 1 saturated heterocycles. The molecule has 1 fully saturated rings. The zero-order valence-corrected chi connectivity index (χ0v) is 12.1. The first kappa shape index (κ1) is 15.2. The normalized spacial score (nSPS) is 19.2. The molecule has 1 aliphatic rings. The Balaban J connectivity index is 2.11. The lowest BCUT2D eigenvalue weighted by molar-refractivity contribution is 0.114. The monoisotopic (exact) mass is 301 g/mol. The number of nitrogens with one attached hydrogen (secondary N) is 1. The number of sulfonamides is 1. The van der Waals surface area contributed by atoms with Crippen LogP contribution in [-0.2, 0) is 21.4 Å². The van der Waals surface area contributed by atoms with Gasteiger partial charge in [0.2, 0.25) is 10.0 Å². The fourth-order valence-corrected chi connectivity index (χ4v) is 3.25. The molecule has 112 valence electrons. The molecule has 1 aromatic rings. The summed E-state index contributed by atoms with van der Waals surface area (Å²) in [4.78, 5) is 0.111. The van der Waals surface area contributed by atoms with E-state index in [1.165, 1.54) is 25.3 Å². The van der Waals surface area contributed by atoms with Gasteiger partial charge in [-0.05, 0) is 31.0 Å². The van der Waals surface area contributed by atoms with Crippen molar-refractivity contribution in [2.75, 3.05) is 20.3 Å². The zero-order valence-electron chi connectivity index (χ0n) is 11.3. The van der Waals surface area contributed by atoms with Crippen LogP contribution in [-0.4, -0.2) is 39.9 Å². The predicted octanol–water partition coefficient (Wildman–Crippen LogP) is 0.645. The maximum atomic E-state index is 12.2. The molecule has 2 N–H and O–H groups in total. The lowest BCUT2D eigenvalue weighted by Gasteiger charge is -2.13. The Hall–Kier alpha value is -1.15. The molecule has 1 atom stereocenters. The SMILES string of the molecule is COc1ccc(S(=O)(=O)NCC2CCCO2)cc1CO. The van der Waals surface area contributed by atoms with Gasteiger partial charge in [0.05, 0.1) is 24.7 Å². The number of methoxy groups -OCH3 is 1. The second kappa shape index (κ2) is 6.53. The van der Waals surface area contributed by atoms with E-state index >= 15 is 0 Å². The van der Waals surface area contributed by atoms with Crippen LogP contribution in [0, 0.1) is 0 Å². The van der Waals surface area contributed by atoms with Crippen molar-refractivity contribution in [3.63, 3.8) is 0 Å². The number of ether oxygens (including phenoxy) is 2. The number of hydrogen-bond donors (Lipinski definition) is 2. The highest BCUT2D eigenvalue weighted by atomic mass is 32.2. The molecule has 0 bridgehead atoms. The number of aliphatic hydroxyl groups excluding tert-OH is 1. The first-order chi connectivity index (χ1) is 9.56. The number of hydrogen-bond acceptors (Lipinski definition) is 5. The van der Waals surface area contributed by atoms with Crippen LogP contribution < -0.4 is 9.46 Å². The number of rotatable bonds is 6. The van der Waals surface area contributed by atoms with Crippen LogP contribution in [0.1, 0.15) is 18.4 Å². The van der Waals surface area contributed by atoms with Crippen molar-refractivity contribution in [3.05, 3.63) is 23.8 Å². The van der Waals surface area contributed by atoms with Crippen LogP contribution in [0.3, 0.4) is 0 Å². The van der Waals surface area contributed by atoms with Gasteiger partial charge in [-0.2, -0.15) is 0 Å². The molecule has 1 aliphatic heterocycles. The molecular weight excluding hydrogens is 282 g/mol. The third kappa shape index (κ3) is 3.49. The number of aliphatic hydroxyl groups is 1.